The number of nitrogens with zero attached hydrogens (tertiary/aromatic N) is 1. The van der Waals surface area contributed by atoms with E-state index in [1.165, 1.54) is 31.4 Å². The van der Waals surface area contributed by atoms with Crippen LogP contribution in [0.15, 0.2) is 60.9 Å². The van der Waals surface area contributed by atoms with Gasteiger partial charge in [-0.15, -0.1) is 8.42 Å². The minimum absolute atomic E-state index is 0.0791. The summed E-state index contributed by atoms with van der Waals surface area (Å²) in [7, 11) is -3.22. The topological polar surface area (TPSA) is 143 Å². The van der Waals surface area contributed by atoms with Gasteiger partial charge in [-0.3, -0.25) is 10.1 Å². The summed E-state index contributed by atoms with van der Waals surface area (Å²) in [5.41, 5.74) is -0.508. The predicted molar refractivity (Wildman–Crippen MR) is 123 cm³/mol. The van der Waals surface area contributed by atoms with E-state index in [0.29, 0.717) is 11.3 Å². The number of carbonyl (C=O) groups excluding carboxylic acids is 1. The van der Waals surface area contributed by atoms with E-state index in [2.05, 4.69) is 11.9 Å². The monoisotopic (exact) mass is 494 g/mol. The van der Waals surface area contributed by atoms with Crippen LogP contribution >= 0.6 is 0 Å². The predicted octanol–water partition coefficient (Wildman–Crippen LogP) is 3.89. The Morgan fingerprint density at radius 2 is 1.74 bits per heavy atom. The van der Waals surface area contributed by atoms with Crippen molar-refractivity contribution in [2.45, 2.75) is 38.8 Å². The quantitative estimate of drug-likeness (QED) is 0.295. The highest BCUT2D eigenvalue weighted by molar-refractivity contribution is 7.82. The minimum atomic E-state index is -4.64. The molecule has 0 saturated heterocycles. The Bertz CT molecular complexity index is 1140. The largest absolute Gasteiger partial charge is 0.501 e. The lowest BCUT2D eigenvalue weighted by Gasteiger charge is -2.24. The lowest BCUT2D eigenvalue weighted by Crippen LogP contribution is -2.41. The number of nitro benzene ring substituents is 1. The average molecular weight is 495 g/mol. The lowest BCUT2D eigenvalue weighted by molar-refractivity contribution is -0.385. The summed E-state index contributed by atoms with van der Waals surface area (Å²) >= 11 is 0. The van der Waals surface area contributed by atoms with Crippen LogP contribution in [0.5, 0.6) is 11.5 Å². The third-order valence-corrected chi connectivity index (χ3v) is 4.94. The highest BCUT2D eigenvalue weighted by Crippen LogP contribution is 2.28. The first kappa shape index (κ1) is 26.5. The van der Waals surface area contributed by atoms with Crippen molar-refractivity contribution < 1.29 is 36.0 Å². The second-order valence-corrected chi connectivity index (χ2v) is 9.17. The number of nitro groups is 1. The molecule has 0 spiro atoms. The van der Waals surface area contributed by atoms with Crippen molar-refractivity contribution in [1.82, 2.24) is 5.32 Å². The van der Waals surface area contributed by atoms with Crippen molar-refractivity contribution in [3.8, 4) is 11.5 Å². The van der Waals surface area contributed by atoms with Crippen LogP contribution in [0.4, 0.5) is 10.5 Å². The Balaban J connectivity index is 2.09. The molecule has 34 heavy (non-hydrogen) atoms. The number of hydrogen-bond donors (Lipinski definition) is 1. The number of amides is 1. The SMILES string of the molecule is C=C(OC)C(Cc1ccc(OS(=O)(=O)Oc2ccccc2[N+](=O)[O-])cc1)NC(=O)OC(C)(C)C. The van der Waals surface area contributed by atoms with Gasteiger partial charge in [0.2, 0.25) is 5.75 Å². The van der Waals surface area contributed by atoms with Gasteiger partial charge in [0.25, 0.3) is 0 Å². The van der Waals surface area contributed by atoms with Gasteiger partial charge in [-0.25, -0.2) is 4.79 Å². The molecule has 11 nitrogen and oxygen atoms in total. The first-order valence-electron chi connectivity index (χ1n) is 9.98. The van der Waals surface area contributed by atoms with Crippen LogP contribution in [0.1, 0.15) is 26.3 Å². The van der Waals surface area contributed by atoms with Crippen LogP contribution in [-0.2, 0) is 26.3 Å². The van der Waals surface area contributed by atoms with Gasteiger partial charge in [0.05, 0.1) is 18.1 Å². The number of carbonyl (C=O) groups is 1. The lowest BCUT2D eigenvalue weighted by atomic mass is 10.0. The van der Waals surface area contributed by atoms with Crippen molar-refractivity contribution in [2.24, 2.45) is 0 Å². The number of hydrogen-bond acceptors (Lipinski definition) is 9. The molecule has 184 valence electrons. The summed E-state index contributed by atoms with van der Waals surface area (Å²) in [4.78, 5) is 22.4. The maximum atomic E-state index is 12.2. The van der Waals surface area contributed by atoms with Crippen molar-refractivity contribution in [3.63, 3.8) is 0 Å². The molecule has 2 rings (SSSR count). The molecule has 2 aromatic carbocycles. The molecule has 0 radical (unpaired) electrons. The number of para-hydroxylation sites is 2. The molecule has 0 aliphatic carbocycles. The zero-order chi connectivity index (χ0) is 25.5. The first-order chi connectivity index (χ1) is 15.8. The van der Waals surface area contributed by atoms with E-state index in [-0.39, 0.29) is 12.2 Å². The number of alkyl carbamates (subject to hydrolysis) is 1. The van der Waals surface area contributed by atoms with Crippen LogP contribution in [0.25, 0.3) is 0 Å². The molecule has 0 fully saturated rings. The number of rotatable bonds is 10. The smallest absolute Gasteiger partial charge is 0.500 e. The molecular formula is C22H26N2O9S. The Morgan fingerprint density at radius 3 is 2.29 bits per heavy atom. The van der Waals surface area contributed by atoms with E-state index >= 15 is 0 Å². The molecule has 0 aliphatic heterocycles. The molecule has 2 aromatic rings. The maximum absolute atomic E-state index is 12.2. The fourth-order valence-electron chi connectivity index (χ4n) is 2.68. The number of benzene rings is 2. The van der Waals surface area contributed by atoms with Gasteiger partial charge in [0.15, 0.2) is 0 Å². The van der Waals surface area contributed by atoms with Crippen LogP contribution in [0, 0.1) is 10.1 Å². The van der Waals surface area contributed by atoms with Crippen molar-refractivity contribution in [1.29, 1.82) is 0 Å². The first-order valence-corrected chi connectivity index (χ1v) is 11.3. The van der Waals surface area contributed by atoms with Crippen molar-refractivity contribution in [3.05, 3.63) is 76.5 Å². The van der Waals surface area contributed by atoms with Gasteiger partial charge in [-0.05, 0) is 51.0 Å². The maximum Gasteiger partial charge on any atom is 0.501 e. The van der Waals surface area contributed by atoms with Crippen LogP contribution in [-0.4, -0.2) is 38.2 Å². The number of methoxy groups -OCH3 is 1. The van der Waals surface area contributed by atoms with Gasteiger partial charge in [0, 0.05) is 6.07 Å². The summed E-state index contributed by atoms with van der Waals surface area (Å²) in [6.07, 6.45) is -0.375. The van der Waals surface area contributed by atoms with Gasteiger partial charge < -0.3 is 23.2 Å². The normalized spacial score (nSPS) is 12.2. The summed E-state index contributed by atoms with van der Waals surface area (Å²) < 4.78 is 44.5. The van der Waals surface area contributed by atoms with Gasteiger partial charge in [-0.2, -0.15) is 0 Å². The standard InChI is InChI=1S/C22H26N2O9S/c1-15(30-5)18(23-21(25)31-22(2,3)4)14-16-10-12-17(13-11-16)32-34(28,29)33-20-9-7-6-8-19(20)24(26)27/h6-13,18H,1,14H2,2-5H3,(H,23,25). The molecule has 1 unspecified atom stereocenters. The van der Waals surface area contributed by atoms with Crippen molar-refractivity contribution in [2.75, 3.05) is 7.11 Å². The molecule has 1 atom stereocenters. The van der Waals surface area contributed by atoms with E-state index in [1.807, 2.05) is 0 Å². The third-order valence-electron chi connectivity index (χ3n) is 4.16. The molecule has 0 aromatic heterocycles. The Hall–Kier alpha value is -3.80. The molecule has 0 saturated carbocycles. The summed E-state index contributed by atoms with van der Waals surface area (Å²) in [5, 5.41) is 13.7. The zero-order valence-corrected chi connectivity index (χ0v) is 20.0. The number of nitrogens with one attached hydrogen (secondary N) is 1. The van der Waals surface area contributed by atoms with E-state index in [9.17, 15) is 23.3 Å². The van der Waals surface area contributed by atoms with Crippen LogP contribution in [0.2, 0.25) is 0 Å². The van der Waals surface area contributed by atoms with Crippen LogP contribution in [0.3, 0.4) is 0 Å². The average Bonchev–Trinajstić information content (AvgIpc) is 2.72. The molecule has 0 aliphatic rings. The second kappa shape index (κ2) is 10.9. The Labute approximate surface area is 197 Å². The fraction of sp³-hybridized carbons (Fsp3) is 0.318. The number of ether oxygens (including phenoxy) is 2. The summed E-state index contributed by atoms with van der Waals surface area (Å²) in [6.45, 7) is 8.99. The highest BCUT2D eigenvalue weighted by Gasteiger charge is 2.24. The fourth-order valence-corrected chi connectivity index (χ4v) is 3.42. The third kappa shape index (κ3) is 8.28. The molecule has 12 heteroatoms. The molecule has 1 amide bonds. The van der Waals surface area contributed by atoms with Crippen molar-refractivity contribution >= 4 is 22.2 Å². The zero-order valence-electron chi connectivity index (χ0n) is 19.1. The Kier molecular flexibility index (Phi) is 8.46. The van der Waals surface area contributed by atoms with Crippen LogP contribution < -0.4 is 13.7 Å². The highest BCUT2D eigenvalue weighted by atomic mass is 32.3. The van der Waals surface area contributed by atoms with E-state index in [0.717, 1.165) is 12.1 Å². The summed E-state index contributed by atoms with van der Waals surface area (Å²) in [5.74, 6) is -0.255. The van der Waals surface area contributed by atoms with Gasteiger partial charge in [0.1, 0.15) is 17.1 Å². The van der Waals surface area contributed by atoms with E-state index in [4.69, 9.17) is 17.8 Å². The minimum Gasteiger partial charge on any atom is -0.500 e. The summed E-state index contributed by atoms with van der Waals surface area (Å²) in [6, 6.07) is 10.3. The molecular weight excluding hydrogens is 468 g/mol. The Morgan fingerprint density at radius 1 is 1.12 bits per heavy atom. The molecule has 1 N–H and O–H groups in total. The molecule has 0 heterocycles. The van der Waals surface area contributed by atoms with Gasteiger partial charge in [-0.1, -0.05) is 30.8 Å². The second-order valence-electron chi connectivity index (χ2n) is 8.02. The van der Waals surface area contributed by atoms with E-state index in [1.54, 1.807) is 32.9 Å². The van der Waals surface area contributed by atoms with Gasteiger partial charge >= 0.3 is 22.2 Å². The molecule has 0 bridgehead atoms. The van der Waals surface area contributed by atoms with E-state index < -0.39 is 44.5 Å².